The molecule has 0 spiro atoms. The first kappa shape index (κ1) is 14.0. The summed E-state index contributed by atoms with van der Waals surface area (Å²) in [6.45, 7) is 4.75. The zero-order chi connectivity index (χ0) is 12.5. The number of hydrogen-bond acceptors (Lipinski definition) is 2. The van der Waals surface area contributed by atoms with E-state index in [9.17, 15) is 0 Å². The van der Waals surface area contributed by atoms with E-state index in [0.29, 0.717) is 0 Å². The third-order valence-electron chi connectivity index (χ3n) is 2.75. The summed E-state index contributed by atoms with van der Waals surface area (Å²) >= 11 is 0. The van der Waals surface area contributed by atoms with Crippen molar-refractivity contribution in [1.29, 1.82) is 0 Å². The van der Waals surface area contributed by atoms with E-state index >= 15 is 0 Å². The van der Waals surface area contributed by atoms with Crippen molar-refractivity contribution in [2.45, 2.75) is 52.1 Å². The van der Waals surface area contributed by atoms with Crippen molar-refractivity contribution in [1.82, 2.24) is 0 Å². The number of hydrogen-bond donors (Lipinski definition) is 1. The Balaban J connectivity index is 2.18. The molecule has 1 unspecified atom stereocenters. The number of rotatable bonds is 8. The van der Waals surface area contributed by atoms with Crippen LogP contribution in [0.2, 0.25) is 0 Å². The van der Waals surface area contributed by atoms with Crippen LogP contribution >= 0.6 is 0 Å². The monoisotopic (exact) mass is 236 g/mol. The molecule has 0 aromatic heterocycles. The molecule has 1 atom stereocenters. The minimum atomic E-state index is -0.191. The topological polar surface area (TPSA) is 29.5 Å². The molecule has 0 saturated heterocycles. The van der Waals surface area contributed by atoms with Gasteiger partial charge in [-0.3, -0.25) is 0 Å². The summed E-state index contributed by atoms with van der Waals surface area (Å²) < 4.78 is 5.64. The fourth-order valence-corrected chi connectivity index (χ4v) is 1.77. The van der Waals surface area contributed by atoms with Gasteiger partial charge in [0.05, 0.1) is 12.7 Å². The Kier molecular flexibility index (Phi) is 6.71. The van der Waals surface area contributed by atoms with E-state index < -0.39 is 0 Å². The molecule has 1 aromatic carbocycles. The lowest BCUT2D eigenvalue weighted by Gasteiger charge is -2.07. The van der Waals surface area contributed by atoms with Crippen molar-refractivity contribution >= 4 is 0 Å². The first-order valence-electron chi connectivity index (χ1n) is 6.62. The highest BCUT2D eigenvalue weighted by Gasteiger charge is 1.97. The highest BCUT2D eigenvalue weighted by Crippen LogP contribution is 2.14. The second-order valence-corrected chi connectivity index (χ2v) is 4.59. The van der Waals surface area contributed by atoms with Crippen LogP contribution in [0.15, 0.2) is 24.3 Å². The van der Waals surface area contributed by atoms with E-state index in [-0.39, 0.29) is 6.10 Å². The number of aryl methyl sites for hydroxylation is 1. The molecule has 0 amide bonds. The van der Waals surface area contributed by atoms with Crippen LogP contribution < -0.4 is 4.74 Å². The normalized spacial score (nSPS) is 12.4. The van der Waals surface area contributed by atoms with Gasteiger partial charge in [0, 0.05) is 0 Å². The molecule has 0 aliphatic heterocycles. The van der Waals surface area contributed by atoms with Crippen molar-refractivity contribution in [3.05, 3.63) is 29.8 Å². The lowest BCUT2D eigenvalue weighted by Crippen LogP contribution is -2.02. The fourth-order valence-electron chi connectivity index (χ4n) is 1.77. The molecule has 0 saturated carbocycles. The number of benzene rings is 1. The average Bonchev–Trinajstić information content (AvgIpc) is 2.31. The van der Waals surface area contributed by atoms with Crippen LogP contribution in [0.3, 0.4) is 0 Å². The fraction of sp³-hybridized carbons (Fsp3) is 0.600. The van der Waals surface area contributed by atoms with Gasteiger partial charge in [-0.25, -0.2) is 0 Å². The Morgan fingerprint density at radius 2 is 1.88 bits per heavy atom. The lowest BCUT2D eigenvalue weighted by molar-refractivity contribution is 0.177. The van der Waals surface area contributed by atoms with Crippen LogP contribution in [0.4, 0.5) is 0 Å². The van der Waals surface area contributed by atoms with E-state index in [1.165, 1.54) is 12.0 Å². The first-order chi connectivity index (χ1) is 8.22. The maximum atomic E-state index is 9.11. The maximum absolute atomic E-state index is 9.11. The summed E-state index contributed by atoms with van der Waals surface area (Å²) in [6, 6.07) is 8.35. The van der Waals surface area contributed by atoms with Gasteiger partial charge >= 0.3 is 0 Å². The zero-order valence-corrected chi connectivity index (χ0v) is 11.0. The SMILES string of the molecule is CCCc1ccc(OCCCCC(C)O)cc1. The van der Waals surface area contributed by atoms with Gasteiger partial charge in [-0.05, 0) is 50.3 Å². The highest BCUT2D eigenvalue weighted by molar-refractivity contribution is 5.27. The molecule has 0 aliphatic carbocycles. The number of ether oxygens (including phenoxy) is 1. The third-order valence-corrected chi connectivity index (χ3v) is 2.75. The van der Waals surface area contributed by atoms with Gasteiger partial charge in [-0.15, -0.1) is 0 Å². The van der Waals surface area contributed by atoms with E-state index in [4.69, 9.17) is 9.84 Å². The van der Waals surface area contributed by atoms with E-state index in [2.05, 4.69) is 19.1 Å². The van der Waals surface area contributed by atoms with Gasteiger partial charge in [-0.2, -0.15) is 0 Å². The summed E-state index contributed by atoms with van der Waals surface area (Å²) in [5.74, 6) is 0.946. The molecule has 2 nitrogen and oxygen atoms in total. The molecular weight excluding hydrogens is 212 g/mol. The van der Waals surface area contributed by atoms with Crippen LogP contribution in [0, 0.1) is 0 Å². The predicted molar refractivity (Wildman–Crippen MR) is 71.5 cm³/mol. The van der Waals surface area contributed by atoms with Crippen LogP contribution in [-0.2, 0) is 6.42 Å². The van der Waals surface area contributed by atoms with Gasteiger partial charge < -0.3 is 9.84 Å². The summed E-state index contributed by atoms with van der Waals surface area (Å²) in [5, 5.41) is 9.11. The average molecular weight is 236 g/mol. The predicted octanol–water partition coefficient (Wildman–Crippen LogP) is 3.57. The van der Waals surface area contributed by atoms with Crippen LogP contribution in [0.1, 0.15) is 45.1 Å². The standard InChI is InChI=1S/C15H24O2/c1-3-6-14-8-10-15(11-9-14)17-12-5-4-7-13(2)16/h8-11,13,16H,3-7,12H2,1-2H3. The molecule has 0 fully saturated rings. The number of unbranched alkanes of at least 4 members (excludes halogenated alkanes) is 1. The Labute approximate surface area is 105 Å². The van der Waals surface area contributed by atoms with Gasteiger partial charge in [0.25, 0.3) is 0 Å². The molecular formula is C15H24O2. The lowest BCUT2D eigenvalue weighted by atomic mass is 10.1. The Morgan fingerprint density at radius 3 is 2.47 bits per heavy atom. The minimum absolute atomic E-state index is 0.191. The van der Waals surface area contributed by atoms with Crippen LogP contribution in [-0.4, -0.2) is 17.8 Å². The number of aliphatic hydroxyl groups is 1. The molecule has 1 N–H and O–H groups in total. The Bertz CT molecular complexity index is 290. The zero-order valence-electron chi connectivity index (χ0n) is 11.0. The van der Waals surface area contributed by atoms with Crippen molar-refractivity contribution in [2.24, 2.45) is 0 Å². The molecule has 17 heavy (non-hydrogen) atoms. The molecule has 0 bridgehead atoms. The van der Waals surface area contributed by atoms with Crippen molar-refractivity contribution in [3.63, 3.8) is 0 Å². The van der Waals surface area contributed by atoms with Gasteiger partial charge in [0.1, 0.15) is 5.75 Å². The highest BCUT2D eigenvalue weighted by atomic mass is 16.5. The van der Waals surface area contributed by atoms with Crippen LogP contribution in [0.5, 0.6) is 5.75 Å². The second kappa shape index (κ2) is 8.13. The molecule has 1 aromatic rings. The van der Waals surface area contributed by atoms with E-state index in [1.54, 1.807) is 0 Å². The van der Waals surface area contributed by atoms with Crippen molar-refractivity contribution in [3.8, 4) is 5.75 Å². The van der Waals surface area contributed by atoms with E-state index in [1.807, 2.05) is 19.1 Å². The van der Waals surface area contributed by atoms with Gasteiger partial charge in [-0.1, -0.05) is 25.5 Å². The van der Waals surface area contributed by atoms with Gasteiger partial charge in [0.15, 0.2) is 0 Å². The van der Waals surface area contributed by atoms with Crippen molar-refractivity contribution in [2.75, 3.05) is 6.61 Å². The maximum Gasteiger partial charge on any atom is 0.119 e. The molecule has 2 heteroatoms. The summed E-state index contributed by atoms with van der Waals surface area (Å²) in [6.07, 6.45) is 5.00. The number of aliphatic hydroxyl groups excluding tert-OH is 1. The van der Waals surface area contributed by atoms with Gasteiger partial charge in [0.2, 0.25) is 0 Å². The molecule has 1 rings (SSSR count). The summed E-state index contributed by atoms with van der Waals surface area (Å²) in [4.78, 5) is 0. The van der Waals surface area contributed by atoms with E-state index in [0.717, 1.165) is 38.0 Å². The minimum Gasteiger partial charge on any atom is -0.494 e. The summed E-state index contributed by atoms with van der Waals surface area (Å²) in [5.41, 5.74) is 1.37. The Hall–Kier alpha value is -1.02. The molecule has 0 heterocycles. The second-order valence-electron chi connectivity index (χ2n) is 4.59. The largest absolute Gasteiger partial charge is 0.494 e. The summed E-state index contributed by atoms with van der Waals surface area (Å²) in [7, 11) is 0. The quantitative estimate of drug-likeness (QED) is 0.699. The molecule has 0 aliphatic rings. The van der Waals surface area contributed by atoms with Crippen LogP contribution in [0.25, 0.3) is 0 Å². The smallest absolute Gasteiger partial charge is 0.119 e. The Morgan fingerprint density at radius 1 is 1.18 bits per heavy atom. The molecule has 0 radical (unpaired) electrons. The van der Waals surface area contributed by atoms with Crippen molar-refractivity contribution < 1.29 is 9.84 Å². The molecule has 96 valence electrons. The first-order valence-corrected chi connectivity index (χ1v) is 6.62. The third kappa shape index (κ3) is 6.32.